The number of amidine groups is 1. The zero-order chi connectivity index (χ0) is 10.1. The number of thiophene rings is 1. The Morgan fingerprint density at radius 2 is 2.36 bits per heavy atom. The van der Waals surface area contributed by atoms with Crippen molar-refractivity contribution in [3.8, 4) is 0 Å². The van der Waals surface area contributed by atoms with Gasteiger partial charge in [0.2, 0.25) is 5.91 Å². The number of rotatable bonds is 2. The van der Waals surface area contributed by atoms with Gasteiger partial charge in [0.15, 0.2) is 0 Å². The maximum atomic E-state index is 11.4. The third-order valence-electron chi connectivity index (χ3n) is 2.19. The van der Waals surface area contributed by atoms with E-state index in [1.807, 2.05) is 26.0 Å². The summed E-state index contributed by atoms with van der Waals surface area (Å²) < 4.78 is 0. The first-order chi connectivity index (χ1) is 6.70. The number of amides is 1. The second-order valence-corrected chi connectivity index (χ2v) is 4.59. The highest BCUT2D eigenvalue weighted by molar-refractivity contribution is 7.14. The maximum absolute atomic E-state index is 11.4. The van der Waals surface area contributed by atoms with Crippen LogP contribution < -0.4 is 5.32 Å². The molecule has 0 spiro atoms. The van der Waals surface area contributed by atoms with E-state index in [1.165, 1.54) is 4.88 Å². The number of nitrogens with zero attached hydrogens (tertiary/aromatic N) is 1. The third kappa shape index (κ3) is 1.57. The molecule has 1 aliphatic rings. The molecule has 1 unspecified atom stereocenters. The van der Waals surface area contributed by atoms with Crippen LogP contribution in [-0.2, 0) is 4.79 Å². The molecule has 14 heavy (non-hydrogen) atoms. The monoisotopic (exact) mass is 208 g/mol. The molecule has 0 saturated heterocycles. The summed E-state index contributed by atoms with van der Waals surface area (Å²) in [5, 5.41) is 2.81. The molecule has 2 heterocycles. The molecule has 2 rings (SSSR count). The third-order valence-corrected chi connectivity index (χ3v) is 3.20. The molecule has 0 saturated carbocycles. The number of carbonyl (C=O) groups excluding carboxylic acids is 1. The highest BCUT2D eigenvalue weighted by Gasteiger charge is 2.25. The van der Waals surface area contributed by atoms with Gasteiger partial charge in [0.1, 0.15) is 11.9 Å². The van der Waals surface area contributed by atoms with Crippen molar-refractivity contribution in [3.05, 3.63) is 21.9 Å². The lowest BCUT2D eigenvalue weighted by Gasteiger charge is -1.96. The minimum absolute atomic E-state index is 0.0218. The summed E-state index contributed by atoms with van der Waals surface area (Å²) in [4.78, 5) is 18.0. The van der Waals surface area contributed by atoms with Crippen molar-refractivity contribution < 1.29 is 4.79 Å². The van der Waals surface area contributed by atoms with E-state index >= 15 is 0 Å². The molecule has 1 aromatic rings. The number of hydrogen-bond acceptors (Lipinski definition) is 3. The smallest absolute Gasteiger partial charge is 0.250 e. The maximum Gasteiger partial charge on any atom is 0.250 e. The van der Waals surface area contributed by atoms with E-state index in [0.29, 0.717) is 0 Å². The van der Waals surface area contributed by atoms with Gasteiger partial charge < -0.3 is 5.32 Å². The molecule has 1 amide bonds. The molecule has 1 atom stereocenters. The minimum atomic E-state index is -0.188. The second-order valence-electron chi connectivity index (χ2n) is 3.30. The van der Waals surface area contributed by atoms with Gasteiger partial charge in [0.25, 0.3) is 0 Å². The van der Waals surface area contributed by atoms with Crippen LogP contribution in [-0.4, -0.2) is 17.8 Å². The zero-order valence-corrected chi connectivity index (χ0v) is 9.02. The van der Waals surface area contributed by atoms with Gasteiger partial charge in [-0.2, -0.15) is 0 Å². The van der Waals surface area contributed by atoms with Crippen LogP contribution in [0.15, 0.2) is 17.1 Å². The first-order valence-electron chi connectivity index (χ1n) is 4.66. The Hall–Kier alpha value is -1.16. The van der Waals surface area contributed by atoms with E-state index in [2.05, 4.69) is 10.3 Å². The Morgan fingerprint density at radius 1 is 1.57 bits per heavy atom. The largest absolute Gasteiger partial charge is 0.308 e. The van der Waals surface area contributed by atoms with Gasteiger partial charge in [-0.25, -0.2) is 0 Å². The lowest BCUT2D eigenvalue weighted by molar-refractivity contribution is -0.120. The Morgan fingerprint density at radius 3 is 2.86 bits per heavy atom. The lowest BCUT2D eigenvalue weighted by atomic mass is 10.2. The van der Waals surface area contributed by atoms with Crippen LogP contribution >= 0.6 is 11.3 Å². The van der Waals surface area contributed by atoms with Crippen molar-refractivity contribution in [2.45, 2.75) is 26.3 Å². The Balaban J connectivity index is 2.25. The molecule has 0 fully saturated rings. The fourth-order valence-electron chi connectivity index (χ4n) is 1.41. The Bertz CT molecular complexity index is 395. The minimum Gasteiger partial charge on any atom is -0.308 e. The summed E-state index contributed by atoms with van der Waals surface area (Å²) in [6, 6.07) is 3.85. The number of nitrogens with one attached hydrogen (secondary N) is 1. The van der Waals surface area contributed by atoms with Gasteiger partial charge in [-0.3, -0.25) is 9.79 Å². The number of carbonyl (C=O) groups is 1. The van der Waals surface area contributed by atoms with Crippen LogP contribution in [0.5, 0.6) is 0 Å². The fraction of sp³-hybridized carbons (Fsp3) is 0.400. The van der Waals surface area contributed by atoms with Gasteiger partial charge in [-0.15, -0.1) is 11.3 Å². The van der Waals surface area contributed by atoms with Crippen molar-refractivity contribution >= 4 is 23.1 Å². The van der Waals surface area contributed by atoms with Gasteiger partial charge in [0.05, 0.1) is 4.88 Å². The molecule has 0 aromatic carbocycles. The molecule has 1 aromatic heterocycles. The molecule has 74 valence electrons. The van der Waals surface area contributed by atoms with Gasteiger partial charge in [-0.1, -0.05) is 6.92 Å². The normalized spacial score (nSPS) is 20.9. The van der Waals surface area contributed by atoms with Crippen molar-refractivity contribution in [1.82, 2.24) is 5.32 Å². The SMILES string of the molecule is CCC1N=C(c2ccc(C)s2)NC1=O. The zero-order valence-electron chi connectivity index (χ0n) is 8.20. The van der Waals surface area contributed by atoms with Gasteiger partial charge in [0, 0.05) is 4.88 Å². The van der Waals surface area contributed by atoms with Crippen molar-refractivity contribution in [1.29, 1.82) is 0 Å². The molecule has 1 aliphatic heterocycles. The van der Waals surface area contributed by atoms with E-state index in [9.17, 15) is 4.79 Å². The summed E-state index contributed by atoms with van der Waals surface area (Å²) in [5.41, 5.74) is 0. The van der Waals surface area contributed by atoms with E-state index in [4.69, 9.17) is 0 Å². The van der Waals surface area contributed by atoms with Crippen LogP contribution in [0, 0.1) is 6.92 Å². The predicted molar refractivity (Wildman–Crippen MR) is 57.8 cm³/mol. The van der Waals surface area contributed by atoms with E-state index in [0.717, 1.165) is 17.1 Å². The molecule has 0 aliphatic carbocycles. The Kier molecular flexibility index (Phi) is 2.37. The number of aryl methyl sites for hydroxylation is 1. The summed E-state index contributed by atoms with van der Waals surface area (Å²) >= 11 is 1.65. The summed E-state index contributed by atoms with van der Waals surface area (Å²) in [5.74, 6) is 0.758. The molecule has 0 radical (unpaired) electrons. The van der Waals surface area contributed by atoms with E-state index < -0.39 is 0 Å². The lowest BCUT2D eigenvalue weighted by Crippen LogP contribution is -2.28. The second kappa shape index (κ2) is 3.53. The van der Waals surface area contributed by atoms with Crippen LogP contribution in [0.3, 0.4) is 0 Å². The van der Waals surface area contributed by atoms with Crippen molar-refractivity contribution in [3.63, 3.8) is 0 Å². The Labute approximate surface area is 86.9 Å². The molecular formula is C10H12N2OS. The average molecular weight is 208 g/mol. The van der Waals surface area contributed by atoms with Crippen LogP contribution in [0.4, 0.5) is 0 Å². The molecule has 1 N–H and O–H groups in total. The number of hydrogen-bond donors (Lipinski definition) is 1. The summed E-state index contributed by atoms with van der Waals surface area (Å²) in [6.07, 6.45) is 0.764. The fourth-order valence-corrected chi connectivity index (χ4v) is 2.23. The van der Waals surface area contributed by atoms with E-state index in [1.54, 1.807) is 11.3 Å². The van der Waals surface area contributed by atoms with E-state index in [-0.39, 0.29) is 11.9 Å². The predicted octanol–water partition coefficient (Wildman–Crippen LogP) is 1.71. The highest BCUT2D eigenvalue weighted by Crippen LogP contribution is 2.18. The van der Waals surface area contributed by atoms with Gasteiger partial charge >= 0.3 is 0 Å². The quantitative estimate of drug-likeness (QED) is 0.789. The summed E-state index contributed by atoms with van der Waals surface area (Å²) in [7, 11) is 0. The summed E-state index contributed by atoms with van der Waals surface area (Å²) in [6.45, 7) is 4.01. The topological polar surface area (TPSA) is 41.5 Å². The first kappa shape index (κ1) is 9.40. The van der Waals surface area contributed by atoms with Crippen LogP contribution in [0.25, 0.3) is 0 Å². The standard InChI is InChI=1S/C10H12N2OS/c1-3-7-10(13)12-9(11-7)8-5-4-6(2)14-8/h4-5,7H,3H2,1-2H3,(H,11,12,13). The molecule has 3 nitrogen and oxygen atoms in total. The number of aliphatic imine (C=N–C) groups is 1. The molecule has 0 bridgehead atoms. The average Bonchev–Trinajstić information content (AvgIpc) is 2.71. The van der Waals surface area contributed by atoms with Crippen LogP contribution in [0.2, 0.25) is 0 Å². The highest BCUT2D eigenvalue weighted by atomic mass is 32.1. The molecule has 4 heteroatoms. The molecular weight excluding hydrogens is 196 g/mol. The van der Waals surface area contributed by atoms with Crippen molar-refractivity contribution in [2.24, 2.45) is 4.99 Å². The van der Waals surface area contributed by atoms with Crippen molar-refractivity contribution in [2.75, 3.05) is 0 Å². The van der Waals surface area contributed by atoms with Gasteiger partial charge in [-0.05, 0) is 25.5 Å². The first-order valence-corrected chi connectivity index (χ1v) is 5.48. The van der Waals surface area contributed by atoms with Crippen LogP contribution in [0.1, 0.15) is 23.1 Å².